The van der Waals surface area contributed by atoms with Gasteiger partial charge in [0.05, 0.1) is 24.4 Å². The van der Waals surface area contributed by atoms with Crippen LogP contribution in [0, 0.1) is 17.8 Å². The van der Waals surface area contributed by atoms with Gasteiger partial charge in [0.2, 0.25) is 0 Å². The quantitative estimate of drug-likeness (QED) is 0.0608. The normalized spacial score (nSPS) is 15.2. The number of carbonyl (C=O) groups is 2. The summed E-state index contributed by atoms with van der Waals surface area (Å²) in [6.45, 7) is 8.24. The Balaban J connectivity index is 1.38. The lowest BCUT2D eigenvalue weighted by Crippen LogP contribution is -2.15. The number of carbonyl (C=O) groups excluding carboxylic acids is 2. The number of hydrogen-bond donors (Lipinski definition) is 2. The zero-order valence-electron chi connectivity index (χ0n) is 29.7. The molecule has 0 aromatic heterocycles. The minimum atomic E-state index is -0.692. The highest BCUT2D eigenvalue weighted by Crippen LogP contribution is 2.38. The molecule has 2 N–H and O–H groups in total. The summed E-state index contributed by atoms with van der Waals surface area (Å²) in [6, 6.07) is 22.0. The van der Waals surface area contributed by atoms with E-state index in [1.165, 1.54) is 56.9 Å². The van der Waals surface area contributed by atoms with Crippen LogP contribution in [0.5, 0.6) is 11.5 Å². The number of unbranched alkanes of at least 4 members (excludes halogenated alkanes) is 2. The maximum atomic E-state index is 11.8. The number of aliphatic hydroxyl groups excluding tert-OH is 2. The average Bonchev–Trinajstić information content (AvgIpc) is 3.17. The second-order valence-corrected chi connectivity index (χ2v) is 12.8. The van der Waals surface area contributed by atoms with Crippen LogP contribution in [0.4, 0.5) is 0 Å². The van der Waals surface area contributed by atoms with Gasteiger partial charge in [-0.1, -0.05) is 81.9 Å². The lowest BCUT2D eigenvalue weighted by Gasteiger charge is -2.29. The molecule has 4 rings (SSSR count). The van der Waals surface area contributed by atoms with Gasteiger partial charge in [-0.3, -0.25) is 0 Å². The maximum Gasteiger partial charge on any atom is 0.335 e. The van der Waals surface area contributed by atoms with Crippen molar-refractivity contribution >= 4 is 11.9 Å². The molecule has 0 saturated heterocycles. The van der Waals surface area contributed by atoms with Gasteiger partial charge >= 0.3 is 11.9 Å². The predicted octanol–water partition coefficient (Wildman–Crippen LogP) is 7.55. The molecule has 0 bridgehead atoms. The van der Waals surface area contributed by atoms with Gasteiger partial charge < -0.3 is 29.2 Å². The number of esters is 2. The monoisotopic (exact) mass is 694 g/mol. The molecule has 1 aliphatic carbocycles. The van der Waals surface area contributed by atoms with E-state index >= 15 is 0 Å². The summed E-state index contributed by atoms with van der Waals surface area (Å²) >= 11 is 0. The molecular weight excluding hydrogens is 644 g/mol. The molecule has 0 unspecified atom stereocenters. The van der Waals surface area contributed by atoms with Crippen molar-refractivity contribution in [3.05, 3.63) is 108 Å². The highest BCUT2D eigenvalue weighted by Gasteiger charge is 2.22. The average molecular weight is 695 g/mol. The topological polar surface area (TPSA) is 112 Å². The van der Waals surface area contributed by atoms with E-state index in [4.69, 9.17) is 29.2 Å². The van der Waals surface area contributed by atoms with Crippen LogP contribution in [0.15, 0.2) is 91.0 Å². The summed E-state index contributed by atoms with van der Waals surface area (Å²) in [5.74, 6) is 7.69. The Morgan fingerprint density at radius 3 is 1.69 bits per heavy atom. The highest BCUT2D eigenvalue weighted by atomic mass is 16.6. The Morgan fingerprint density at radius 1 is 0.686 bits per heavy atom. The van der Waals surface area contributed by atoms with Gasteiger partial charge in [-0.05, 0) is 90.6 Å². The summed E-state index contributed by atoms with van der Waals surface area (Å²) < 4.78 is 21.8. The molecule has 3 aromatic rings. The molecule has 270 valence electrons. The van der Waals surface area contributed by atoms with Crippen molar-refractivity contribution in [2.45, 2.75) is 64.2 Å². The molecular formula is C43H50O8. The SMILES string of the molecule is C=C(CO)C(=O)OCCOc1cc(OCCOC(=O)C(=C)CO)cc(-c2ccc(C#Cc3ccc(C4CCC(CCCCC)CC4)cc3)cc2)c1. The summed E-state index contributed by atoms with van der Waals surface area (Å²) in [5.41, 5.74) is 4.92. The first-order valence-corrected chi connectivity index (χ1v) is 17.8. The van der Waals surface area contributed by atoms with Gasteiger partial charge in [0.1, 0.15) is 37.9 Å². The van der Waals surface area contributed by atoms with Gasteiger partial charge in [0.15, 0.2) is 0 Å². The molecule has 1 fully saturated rings. The first-order valence-electron chi connectivity index (χ1n) is 17.8. The van der Waals surface area contributed by atoms with Gasteiger partial charge in [-0.25, -0.2) is 9.59 Å². The number of hydrogen-bond acceptors (Lipinski definition) is 8. The van der Waals surface area contributed by atoms with Crippen LogP contribution >= 0.6 is 0 Å². The fourth-order valence-corrected chi connectivity index (χ4v) is 6.02. The van der Waals surface area contributed by atoms with Crippen molar-refractivity contribution in [1.82, 2.24) is 0 Å². The van der Waals surface area contributed by atoms with E-state index < -0.39 is 25.2 Å². The third-order valence-electron chi connectivity index (χ3n) is 9.02. The van der Waals surface area contributed by atoms with Gasteiger partial charge in [0.25, 0.3) is 0 Å². The largest absolute Gasteiger partial charge is 0.490 e. The molecule has 0 radical (unpaired) electrons. The van der Waals surface area contributed by atoms with Crippen molar-refractivity contribution in [3.63, 3.8) is 0 Å². The number of ether oxygens (including phenoxy) is 4. The van der Waals surface area contributed by atoms with Crippen LogP contribution in [-0.2, 0) is 19.1 Å². The van der Waals surface area contributed by atoms with Gasteiger partial charge in [-0.15, -0.1) is 0 Å². The second-order valence-electron chi connectivity index (χ2n) is 12.8. The summed E-state index contributed by atoms with van der Waals surface area (Å²) in [7, 11) is 0. The number of aliphatic hydroxyl groups is 2. The molecule has 0 amide bonds. The highest BCUT2D eigenvalue weighted by molar-refractivity contribution is 5.88. The lowest BCUT2D eigenvalue weighted by atomic mass is 9.77. The van der Waals surface area contributed by atoms with Crippen molar-refractivity contribution in [1.29, 1.82) is 0 Å². The molecule has 0 aliphatic heterocycles. The van der Waals surface area contributed by atoms with E-state index in [1.807, 2.05) is 36.4 Å². The zero-order chi connectivity index (χ0) is 36.4. The third-order valence-corrected chi connectivity index (χ3v) is 9.02. The Hall–Kier alpha value is -4.84. The fourth-order valence-electron chi connectivity index (χ4n) is 6.02. The molecule has 0 heterocycles. The first kappa shape index (κ1) is 39.0. The van der Waals surface area contributed by atoms with Crippen molar-refractivity contribution < 1.29 is 38.7 Å². The Labute approximate surface area is 302 Å². The van der Waals surface area contributed by atoms with E-state index in [-0.39, 0.29) is 37.6 Å². The molecule has 0 atom stereocenters. The zero-order valence-corrected chi connectivity index (χ0v) is 29.7. The van der Waals surface area contributed by atoms with Crippen LogP contribution in [0.3, 0.4) is 0 Å². The smallest absolute Gasteiger partial charge is 0.335 e. The van der Waals surface area contributed by atoms with Crippen molar-refractivity contribution in [2.75, 3.05) is 39.6 Å². The molecule has 8 nitrogen and oxygen atoms in total. The first-order chi connectivity index (χ1) is 24.8. The maximum absolute atomic E-state index is 11.8. The number of rotatable bonds is 18. The Morgan fingerprint density at radius 2 is 1.20 bits per heavy atom. The van der Waals surface area contributed by atoms with E-state index in [9.17, 15) is 9.59 Å². The van der Waals surface area contributed by atoms with Crippen LogP contribution < -0.4 is 9.47 Å². The lowest BCUT2D eigenvalue weighted by molar-refractivity contribution is -0.141. The van der Waals surface area contributed by atoms with Crippen molar-refractivity contribution in [2.24, 2.45) is 5.92 Å². The minimum absolute atomic E-state index is 0.0392. The number of benzene rings is 3. The van der Waals surface area contributed by atoms with E-state index in [0.717, 1.165) is 28.2 Å². The third kappa shape index (κ3) is 12.8. The molecule has 51 heavy (non-hydrogen) atoms. The van der Waals surface area contributed by atoms with Crippen LogP contribution in [0.25, 0.3) is 11.1 Å². The molecule has 0 spiro atoms. The molecule has 1 aliphatic rings. The van der Waals surface area contributed by atoms with E-state index in [1.54, 1.807) is 6.07 Å². The fraction of sp³-hybridized carbons (Fsp3) is 0.395. The van der Waals surface area contributed by atoms with Gasteiger partial charge in [-0.2, -0.15) is 0 Å². The summed E-state index contributed by atoms with van der Waals surface area (Å²) in [5, 5.41) is 18.1. The van der Waals surface area contributed by atoms with Gasteiger partial charge in [0, 0.05) is 17.2 Å². The summed E-state index contributed by atoms with van der Waals surface area (Å²) in [6.07, 6.45) is 10.7. The van der Waals surface area contributed by atoms with E-state index in [2.05, 4.69) is 56.2 Å². The van der Waals surface area contributed by atoms with Crippen LogP contribution in [0.1, 0.15) is 80.9 Å². The Bertz CT molecular complexity index is 1600. The van der Waals surface area contributed by atoms with E-state index in [0.29, 0.717) is 17.4 Å². The standard InChI is InChI=1S/C43H50O8/c1-4-5-6-7-33-10-16-36(17-11-33)37-18-12-34(13-19-37)8-9-35-14-20-38(21-15-35)39-26-40(48-22-24-50-42(46)31(2)29-44)28-41(27-39)49-23-25-51-43(47)32(3)30-45/h12-15,18-21,26-28,33,36,44-45H,2-7,10-11,16-17,22-25,29-30H2,1H3. The molecule has 1 saturated carbocycles. The molecule has 8 heteroatoms. The second kappa shape index (κ2) is 20.7. The Kier molecular flexibility index (Phi) is 15.8. The molecule has 3 aromatic carbocycles. The van der Waals surface area contributed by atoms with Crippen molar-refractivity contribution in [3.8, 4) is 34.5 Å². The van der Waals surface area contributed by atoms with Crippen LogP contribution in [-0.4, -0.2) is 61.8 Å². The van der Waals surface area contributed by atoms with Crippen LogP contribution in [0.2, 0.25) is 0 Å². The summed E-state index contributed by atoms with van der Waals surface area (Å²) in [4.78, 5) is 23.6. The minimum Gasteiger partial charge on any atom is -0.490 e. The predicted molar refractivity (Wildman–Crippen MR) is 199 cm³/mol.